The number of piperidine rings is 1. The van der Waals surface area contributed by atoms with E-state index in [4.69, 9.17) is 4.74 Å². The van der Waals surface area contributed by atoms with Gasteiger partial charge < -0.3 is 15.0 Å². The van der Waals surface area contributed by atoms with Crippen molar-refractivity contribution in [3.8, 4) is 5.88 Å². The van der Waals surface area contributed by atoms with Crippen molar-refractivity contribution in [2.45, 2.75) is 18.9 Å². The van der Waals surface area contributed by atoms with Gasteiger partial charge in [-0.25, -0.2) is 0 Å². The number of methoxy groups -OCH3 is 1. The topological polar surface area (TPSA) is 50.3 Å². The van der Waals surface area contributed by atoms with Crippen LogP contribution in [-0.4, -0.2) is 43.0 Å². The van der Waals surface area contributed by atoms with E-state index in [9.17, 15) is 0 Å². The molecule has 3 aliphatic heterocycles. The third kappa shape index (κ3) is 2.20. The van der Waals surface area contributed by atoms with Gasteiger partial charge in [-0.1, -0.05) is 0 Å². The van der Waals surface area contributed by atoms with Crippen molar-refractivity contribution in [1.82, 2.24) is 15.5 Å². The summed E-state index contributed by atoms with van der Waals surface area (Å²) in [6.45, 7) is 3.27. The van der Waals surface area contributed by atoms with Crippen LogP contribution in [0.4, 0.5) is 5.82 Å². The van der Waals surface area contributed by atoms with Crippen molar-refractivity contribution >= 4 is 5.82 Å². The lowest BCUT2D eigenvalue weighted by Crippen LogP contribution is -2.39. The number of rotatable bonds is 2. The molecule has 2 unspecified atom stereocenters. The summed E-state index contributed by atoms with van der Waals surface area (Å²) in [6.07, 6.45) is 2.61. The van der Waals surface area contributed by atoms with E-state index in [-0.39, 0.29) is 0 Å². The molecule has 4 heterocycles. The van der Waals surface area contributed by atoms with Gasteiger partial charge in [-0.3, -0.25) is 0 Å². The van der Waals surface area contributed by atoms with E-state index in [1.807, 2.05) is 12.1 Å². The minimum Gasteiger partial charge on any atom is -0.480 e. The Morgan fingerprint density at radius 1 is 1.29 bits per heavy atom. The molecule has 0 saturated carbocycles. The fraction of sp³-hybridized carbons (Fsp3) is 0.667. The first kappa shape index (κ1) is 10.8. The molecule has 1 N–H and O–H groups in total. The summed E-state index contributed by atoms with van der Waals surface area (Å²) in [5, 5.41) is 11.9. The summed E-state index contributed by atoms with van der Waals surface area (Å²) in [6, 6.07) is 4.48. The fourth-order valence-corrected chi connectivity index (χ4v) is 2.72. The molecule has 3 aliphatic rings. The Hall–Kier alpha value is -1.36. The van der Waals surface area contributed by atoms with Crippen LogP contribution in [0, 0.1) is 5.92 Å². The molecule has 5 nitrogen and oxygen atoms in total. The zero-order valence-corrected chi connectivity index (χ0v) is 10.1. The number of anilines is 1. The van der Waals surface area contributed by atoms with Gasteiger partial charge in [-0.2, -0.15) is 0 Å². The van der Waals surface area contributed by atoms with Crippen LogP contribution in [0.2, 0.25) is 0 Å². The molecular formula is C12H18N4O. The summed E-state index contributed by atoms with van der Waals surface area (Å²) in [5.74, 6) is 2.29. The van der Waals surface area contributed by atoms with Gasteiger partial charge in [-0.05, 0) is 31.4 Å². The van der Waals surface area contributed by atoms with E-state index in [1.54, 1.807) is 7.11 Å². The third-order valence-electron chi connectivity index (χ3n) is 3.70. The first-order valence-corrected chi connectivity index (χ1v) is 6.21. The highest BCUT2D eigenvalue weighted by Crippen LogP contribution is 2.24. The average Bonchev–Trinajstić information content (AvgIpc) is 2.72. The molecule has 0 spiro atoms. The van der Waals surface area contributed by atoms with Gasteiger partial charge in [0, 0.05) is 25.2 Å². The molecule has 0 aliphatic carbocycles. The Balaban J connectivity index is 1.78. The van der Waals surface area contributed by atoms with Gasteiger partial charge in [0.1, 0.15) is 0 Å². The standard InChI is InChI=1S/C12H18N4O/c1-17-12-5-4-11(14-15-12)16-7-9-2-3-10(8-16)13-6-9/h4-5,9-10,13H,2-3,6-8H2,1H3. The summed E-state index contributed by atoms with van der Waals surface area (Å²) in [7, 11) is 1.61. The van der Waals surface area contributed by atoms with E-state index in [0.29, 0.717) is 11.9 Å². The number of nitrogens with zero attached hydrogens (tertiary/aromatic N) is 3. The number of fused-ring (bicyclic) bond motifs is 4. The van der Waals surface area contributed by atoms with Crippen LogP contribution in [-0.2, 0) is 0 Å². The SMILES string of the molecule is COc1ccc(N2CC3CCC(C2)NC3)nn1. The Labute approximate surface area is 101 Å². The zero-order chi connectivity index (χ0) is 11.7. The molecular weight excluding hydrogens is 216 g/mol. The minimum atomic E-state index is 0.574. The summed E-state index contributed by atoms with van der Waals surface area (Å²) >= 11 is 0. The number of aromatic nitrogens is 2. The Morgan fingerprint density at radius 3 is 2.88 bits per heavy atom. The van der Waals surface area contributed by atoms with Crippen LogP contribution < -0.4 is 15.0 Å². The quantitative estimate of drug-likeness (QED) is 0.815. The minimum absolute atomic E-state index is 0.574. The van der Waals surface area contributed by atoms with Gasteiger partial charge in [0.25, 0.3) is 0 Å². The number of hydrogen-bond acceptors (Lipinski definition) is 5. The van der Waals surface area contributed by atoms with Crippen molar-refractivity contribution in [3.63, 3.8) is 0 Å². The van der Waals surface area contributed by atoms with E-state index in [1.165, 1.54) is 12.8 Å². The Bertz CT molecular complexity index is 359. The van der Waals surface area contributed by atoms with Crippen LogP contribution in [0.15, 0.2) is 12.1 Å². The monoisotopic (exact) mass is 234 g/mol. The first-order valence-electron chi connectivity index (χ1n) is 6.21. The normalized spacial score (nSPS) is 27.9. The van der Waals surface area contributed by atoms with Gasteiger partial charge in [0.15, 0.2) is 5.82 Å². The van der Waals surface area contributed by atoms with Crippen molar-refractivity contribution in [2.24, 2.45) is 5.92 Å². The van der Waals surface area contributed by atoms with E-state index in [0.717, 1.165) is 31.4 Å². The lowest BCUT2D eigenvalue weighted by Gasteiger charge is -2.23. The molecule has 1 aromatic heterocycles. The summed E-state index contributed by atoms with van der Waals surface area (Å²) < 4.78 is 5.03. The maximum absolute atomic E-state index is 5.03. The first-order chi connectivity index (χ1) is 8.35. The predicted molar refractivity (Wildman–Crippen MR) is 65.3 cm³/mol. The van der Waals surface area contributed by atoms with E-state index < -0.39 is 0 Å². The molecule has 0 aromatic carbocycles. The molecule has 2 atom stereocenters. The molecule has 3 fully saturated rings. The number of hydrogen-bond donors (Lipinski definition) is 1. The molecule has 0 radical (unpaired) electrons. The molecule has 92 valence electrons. The molecule has 5 heteroatoms. The molecule has 17 heavy (non-hydrogen) atoms. The second-order valence-corrected chi connectivity index (χ2v) is 4.89. The third-order valence-corrected chi connectivity index (χ3v) is 3.70. The molecule has 1 aromatic rings. The second-order valence-electron chi connectivity index (χ2n) is 4.89. The fourth-order valence-electron chi connectivity index (χ4n) is 2.72. The van der Waals surface area contributed by atoms with Crippen molar-refractivity contribution < 1.29 is 4.74 Å². The highest BCUT2D eigenvalue weighted by molar-refractivity contribution is 5.39. The van der Waals surface area contributed by atoms with Crippen LogP contribution in [0.3, 0.4) is 0 Å². The van der Waals surface area contributed by atoms with Crippen LogP contribution in [0.1, 0.15) is 12.8 Å². The highest BCUT2D eigenvalue weighted by atomic mass is 16.5. The molecule has 4 rings (SSSR count). The van der Waals surface area contributed by atoms with E-state index >= 15 is 0 Å². The second kappa shape index (κ2) is 4.49. The maximum atomic E-state index is 5.03. The zero-order valence-electron chi connectivity index (χ0n) is 10.1. The van der Waals surface area contributed by atoms with Gasteiger partial charge >= 0.3 is 0 Å². The van der Waals surface area contributed by atoms with Crippen molar-refractivity contribution in [2.75, 3.05) is 31.6 Å². The van der Waals surface area contributed by atoms with E-state index in [2.05, 4.69) is 20.4 Å². The smallest absolute Gasteiger partial charge is 0.233 e. The van der Waals surface area contributed by atoms with Crippen molar-refractivity contribution in [1.29, 1.82) is 0 Å². The number of nitrogens with one attached hydrogen (secondary N) is 1. The molecule has 0 amide bonds. The highest BCUT2D eigenvalue weighted by Gasteiger charge is 2.29. The lowest BCUT2D eigenvalue weighted by atomic mass is 9.97. The van der Waals surface area contributed by atoms with Crippen LogP contribution >= 0.6 is 0 Å². The van der Waals surface area contributed by atoms with Gasteiger partial charge in [-0.15, -0.1) is 10.2 Å². The summed E-state index contributed by atoms with van der Waals surface area (Å²) in [4.78, 5) is 2.34. The average molecular weight is 234 g/mol. The summed E-state index contributed by atoms with van der Waals surface area (Å²) in [5.41, 5.74) is 0. The Morgan fingerprint density at radius 2 is 2.24 bits per heavy atom. The van der Waals surface area contributed by atoms with Gasteiger partial charge in [0.2, 0.25) is 5.88 Å². The van der Waals surface area contributed by atoms with Crippen molar-refractivity contribution in [3.05, 3.63) is 12.1 Å². The number of ether oxygens (including phenoxy) is 1. The van der Waals surface area contributed by atoms with Gasteiger partial charge in [0.05, 0.1) is 7.11 Å². The lowest BCUT2D eigenvalue weighted by molar-refractivity contribution is 0.360. The molecule has 3 saturated heterocycles. The largest absolute Gasteiger partial charge is 0.480 e. The molecule has 2 bridgehead atoms. The predicted octanol–water partition coefficient (Wildman–Crippen LogP) is 0.673. The van der Waals surface area contributed by atoms with Crippen LogP contribution in [0.25, 0.3) is 0 Å². The van der Waals surface area contributed by atoms with Crippen LogP contribution in [0.5, 0.6) is 5.88 Å². The maximum Gasteiger partial charge on any atom is 0.233 e. The Kier molecular flexibility index (Phi) is 2.84.